The lowest BCUT2D eigenvalue weighted by molar-refractivity contribution is 0.102. The maximum atomic E-state index is 10.1. The Labute approximate surface area is 131 Å². The number of para-hydroxylation sites is 1. The third kappa shape index (κ3) is 3.69. The predicted octanol–water partition coefficient (Wildman–Crippen LogP) is 1.91. The summed E-state index contributed by atoms with van der Waals surface area (Å²) in [5.74, 6) is 0.626. The van der Waals surface area contributed by atoms with E-state index in [9.17, 15) is 5.11 Å². The first-order valence-corrected chi connectivity index (χ1v) is 8.14. The highest BCUT2D eigenvalue weighted by atomic mass is 35.5. The summed E-state index contributed by atoms with van der Waals surface area (Å²) in [6, 6.07) is 8.52. The number of hydrogen-bond donors (Lipinski definition) is 2. The Morgan fingerprint density at radius 3 is 3.05 bits per heavy atom. The summed E-state index contributed by atoms with van der Waals surface area (Å²) in [5.41, 5.74) is 0. The molecule has 5 heteroatoms. The van der Waals surface area contributed by atoms with Gasteiger partial charge in [0, 0.05) is 25.2 Å². The molecule has 0 spiro atoms. The Balaban J connectivity index is 1.40. The predicted molar refractivity (Wildman–Crippen MR) is 84.0 cm³/mol. The van der Waals surface area contributed by atoms with Gasteiger partial charge in [-0.15, -0.1) is 0 Å². The van der Waals surface area contributed by atoms with Gasteiger partial charge in [-0.05, 0) is 37.9 Å². The van der Waals surface area contributed by atoms with Crippen LogP contribution in [-0.4, -0.2) is 54.4 Å². The number of aliphatic hydroxyl groups is 1. The van der Waals surface area contributed by atoms with E-state index in [0.29, 0.717) is 29.4 Å². The summed E-state index contributed by atoms with van der Waals surface area (Å²) >= 11 is 6.02. The van der Waals surface area contributed by atoms with Crippen molar-refractivity contribution in [3.8, 4) is 5.75 Å². The molecule has 0 radical (unpaired) electrons. The maximum Gasteiger partial charge on any atom is 0.138 e. The van der Waals surface area contributed by atoms with Crippen LogP contribution in [0.1, 0.15) is 19.3 Å². The van der Waals surface area contributed by atoms with Gasteiger partial charge in [-0.25, -0.2) is 0 Å². The third-order valence-corrected chi connectivity index (χ3v) is 4.80. The molecule has 0 saturated carbocycles. The number of fused-ring (bicyclic) bond motifs is 1. The van der Waals surface area contributed by atoms with Gasteiger partial charge in [0.15, 0.2) is 0 Å². The number of nitrogens with one attached hydrogen (secondary N) is 1. The van der Waals surface area contributed by atoms with E-state index in [-0.39, 0.29) is 6.61 Å². The van der Waals surface area contributed by atoms with Crippen LogP contribution >= 0.6 is 11.6 Å². The standard InChI is InChI=1S/C16H23ClN2O2/c17-13-4-1-2-6-16(13)21-11-12(20)10-18-14-7-9-19-8-3-5-15(14)19/h1-2,4,6,12,14-15,18,20H,3,5,7-11H2. The molecule has 2 saturated heterocycles. The minimum Gasteiger partial charge on any atom is -0.489 e. The molecule has 0 bridgehead atoms. The van der Waals surface area contributed by atoms with Gasteiger partial charge in [-0.3, -0.25) is 4.90 Å². The summed E-state index contributed by atoms with van der Waals surface area (Å²) in [6.07, 6.45) is 3.25. The van der Waals surface area contributed by atoms with Gasteiger partial charge >= 0.3 is 0 Å². The third-order valence-electron chi connectivity index (χ3n) is 4.49. The molecule has 21 heavy (non-hydrogen) atoms. The van der Waals surface area contributed by atoms with Crippen LogP contribution < -0.4 is 10.1 Å². The van der Waals surface area contributed by atoms with Crippen molar-refractivity contribution < 1.29 is 9.84 Å². The van der Waals surface area contributed by atoms with E-state index in [2.05, 4.69) is 10.2 Å². The van der Waals surface area contributed by atoms with Gasteiger partial charge in [0.2, 0.25) is 0 Å². The quantitative estimate of drug-likeness (QED) is 0.842. The van der Waals surface area contributed by atoms with Crippen LogP contribution in [0.2, 0.25) is 5.02 Å². The maximum absolute atomic E-state index is 10.1. The molecule has 0 aromatic heterocycles. The Kier molecular flexibility index (Phi) is 5.01. The molecule has 0 amide bonds. The normalized spacial score (nSPS) is 26.8. The Morgan fingerprint density at radius 1 is 1.33 bits per heavy atom. The average Bonchev–Trinajstić information content (AvgIpc) is 3.08. The number of halogens is 1. The molecular formula is C16H23ClN2O2. The fourth-order valence-electron chi connectivity index (χ4n) is 3.41. The average molecular weight is 311 g/mol. The second-order valence-electron chi connectivity index (χ2n) is 5.94. The summed E-state index contributed by atoms with van der Waals surface area (Å²) in [6.45, 7) is 3.26. The van der Waals surface area contributed by atoms with E-state index < -0.39 is 6.10 Å². The number of ether oxygens (including phenoxy) is 1. The molecule has 0 aliphatic carbocycles. The van der Waals surface area contributed by atoms with Crippen molar-refractivity contribution in [1.29, 1.82) is 0 Å². The van der Waals surface area contributed by atoms with Crippen molar-refractivity contribution in [2.45, 2.75) is 37.5 Å². The first-order chi connectivity index (χ1) is 10.2. The van der Waals surface area contributed by atoms with Crippen LogP contribution in [0, 0.1) is 0 Å². The second-order valence-corrected chi connectivity index (χ2v) is 6.35. The highest BCUT2D eigenvalue weighted by Gasteiger charge is 2.36. The highest BCUT2D eigenvalue weighted by molar-refractivity contribution is 6.32. The van der Waals surface area contributed by atoms with Gasteiger partial charge < -0.3 is 15.2 Å². The van der Waals surface area contributed by atoms with Crippen molar-refractivity contribution in [1.82, 2.24) is 10.2 Å². The first kappa shape index (κ1) is 15.1. The second kappa shape index (κ2) is 6.97. The summed E-state index contributed by atoms with van der Waals surface area (Å²) in [7, 11) is 0. The van der Waals surface area contributed by atoms with E-state index >= 15 is 0 Å². The molecule has 2 heterocycles. The minimum absolute atomic E-state index is 0.262. The van der Waals surface area contributed by atoms with E-state index in [1.807, 2.05) is 18.2 Å². The van der Waals surface area contributed by atoms with Crippen LogP contribution in [0.25, 0.3) is 0 Å². The summed E-state index contributed by atoms with van der Waals surface area (Å²) in [4.78, 5) is 2.56. The largest absolute Gasteiger partial charge is 0.489 e. The van der Waals surface area contributed by atoms with E-state index in [0.717, 1.165) is 0 Å². The van der Waals surface area contributed by atoms with Crippen LogP contribution in [0.4, 0.5) is 0 Å². The molecule has 2 fully saturated rings. The lowest BCUT2D eigenvalue weighted by atomic mass is 10.1. The molecular weight excluding hydrogens is 288 g/mol. The summed E-state index contributed by atoms with van der Waals surface area (Å²) < 4.78 is 5.57. The topological polar surface area (TPSA) is 44.7 Å². The first-order valence-electron chi connectivity index (χ1n) is 7.77. The minimum atomic E-state index is -0.517. The summed E-state index contributed by atoms with van der Waals surface area (Å²) in [5, 5.41) is 14.1. The van der Waals surface area contributed by atoms with Crippen molar-refractivity contribution in [3.63, 3.8) is 0 Å². The van der Waals surface area contributed by atoms with Gasteiger partial charge in [0.1, 0.15) is 18.5 Å². The fourth-order valence-corrected chi connectivity index (χ4v) is 3.60. The van der Waals surface area contributed by atoms with E-state index in [1.165, 1.54) is 32.4 Å². The molecule has 2 aliphatic rings. The van der Waals surface area contributed by atoms with Gasteiger partial charge in [0.05, 0.1) is 5.02 Å². The Bertz CT molecular complexity index is 471. The van der Waals surface area contributed by atoms with Crippen LogP contribution in [0.15, 0.2) is 24.3 Å². The zero-order valence-electron chi connectivity index (χ0n) is 12.2. The van der Waals surface area contributed by atoms with Crippen molar-refractivity contribution in [2.75, 3.05) is 26.2 Å². The van der Waals surface area contributed by atoms with E-state index in [1.54, 1.807) is 6.07 Å². The van der Waals surface area contributed by atoms with Crippen LogP contribution in [-0.2, 0) is 0 Å². The lowest BCUT2D eigenvalue weighted by Gasteiger charge is -2.23. The number of benzene rings is 1. The molecule has 3 rings (SSSR count). The highest BCUT2D eigenvalue weighted by Crippen LogP contribution is 2.28. The van der Waals surface area contributed by atoms with Crippen LogP contribution in [0.5, 0.6) is 5.75 Å². The SMILES string of the molecule is OC(CNC1CCN2CCCC12)COc1ccccc1Cl. The molecule has 116 valence electrons. The fraction of sp³-hybridized carbons (Fsp3) is 0.625. The number of hydrogen-bond acceptors (Lipinski definition) is 4. The van der Waals surface area contributed by atoms with Gasteiger partial charge in [-0.2, -0.15) is 0 Å². The zero-order valence-corrected chi connectivity index (χ0v) is 12.9. The van der Waals surface area contributed by atoms with Crippen molar-refractivity contribution in [3.05, 3.63) is 29.3 Å². The molecule has 1 aromatic rings. The molecule has 1 aromatic carbocycles. The molecule has 3 atom stereocenters. The molecule has 3 unspecified atom stereocenters. The zero-order chi connectivity index (χ0) is 14.7. The van der Waals surface area contributed by atoms with Crippen molar-refractivity contribution in [2.24, 2.45) is 0 Å². The monoisotopic (exact) mass is 310 g/mol. The van der Waals surface area contributed by atoms with Gasteiger partial charge in [-0.1, -0.05) is 23.7 Å². The Hall–Kier alpha value is -0.810. The number of aliphatic hydroxyl groups excluding tert-OH is 1. The lowest BCUT2D eigenvalue weighted by Crippen LogP contribution is -2.43. The van der Waals surface area contributed by atoms with E-state index in [4.69, 9.17) is 16.3 Å². The molecule has 2 aliphatic heterocycles. The smallest absolute Gasteiger partial charge is 0.138 e. The number of rotatable bonds is 6. The molecule has 4 nitrogen and oxygen atoms in total. The van der Waals surface area contributed by atoms with Crippen molar-refractivity contribution >= 4 is 11.6 Å². The van der Waals surface area contributed by atoms with Gasteiger partial charge in [0.25, 0.3) is 0 Å². The van der Waals surface area contributed by atoms with Crippen LogP contribution in [0.3, 0.4) is 0 Å². The number of nitrogens with zero attached hydrogens (tertiary/aromatic N) is 1. The molecule has 2 N–H and O–H groups in total. The Morgan fingerprint density at radius 2 is 2.19 bits per heavy atom.